The first-order valence-electron chi connectivity index (χ1n) is 21.5. The van der Waals surface area contributed by atoms with Crippen molar-refractivity contribution < 1.29 is 4.42 Å². The second-order valence-electron chi connectivity index (χ2n) is 15.9. The van der Waals surface area contributed by atoms with Crippen LogP contribution in [-0.2, 0) is 0 Å². The van der Waals surface area contributed by atoms with Gasteiger partial charge in [0.05, 0.1) is 38.8 Å². The van der Waals surface area contributed by atoms with Crippen molar-refractivity contribution in [3.05, 3.63) is 224 Å². The molecule has 13 rings (SSSR count). The van der Waals surface area contributed by atoms with Gasteiger partial charge in [-0.05, 0) is 76.3 Å². The van der Waals surface area contributed by atoms with E-state index in [1.807, 2.05) is 84.9 Å². The van der Waals surface area contributed by atoms with Crippen LogP contribution in [0.15, 0.2) is 223 Å². The number of nitrogens with zero attached hydrogens (tertiary/aromatic N) is 5. The molecule has 0 unspecified atom stereocenters. The summed E-state index contributed by atoms with van der Waals surface area (Å²) in [5, 5.41) is 6.67. The van der Waals surface area contributed by atoms with Crippen LogP contribution in [0, 0.1) is 0 Å². The maximum Gasteiger partial charge on any atom is 0.235 e. The second kappa shape index (κ2) is 16.0. The van der Waals surface area contributed by atoms with Gasteiger partial charge in [-0.1, -0.05) is 176 Å². The van der Waals surface area contributed by atoms with Gasteiger partial charge in [0.25, 0.3) is 0 Å². The summed E-state index contributed by atoms with van der Waals surface area (Å²) < 4.78 is 8.82. The summed E-state index contributed by atoms with van der Waals surface area (Å²) in [5.41, 5.74) is 14.1. The number of rotatable bonds is 5. The van der Waals surface area contributed by atoms with Crippen LogP contribution in [0.1, 0.15) is 0 Å². The number of fused-ring (bicyclic) bond motifs is 9. The summed E-state index contributed by atoms with van der Waals surface area (Å²) in [6.07, 6.45) is 0. The molecule has 0 saturated carbocycles. The Labute approximate surface area is 378 Å². The van der Waals surface area contributed by atoms with Gasteiger partial charge in [0.1, 0.15) is 11.2 Å². The fourth-order valence-electron chi connectivity index (χ4n) is 9.03. The van der Waals surface area contributed by atoms with Crippen molar-refractivity contribution in [2.24, 2.45) is 0 Å². The summed E-state index contributed by atoms with van der Waals surface area (Å²) in [6, 6.07) is 75.1. The largest absolute Gasteiger partial charge is 0.455 e. The summed E-state index contributed by atoms with van der Waals surface area (Å²) in [6.45, 7) is 0. The Hall–Kier alpha value is -8.45. The zero-order valence-electron chi connectivity index (χ0n) is 34.8. The van der Waals surface area contributed by atoms with E-state index < -0.39 is 0 Å². The molecule has 13 aromatic rings. The zero-order valence-corrected chi connectivity index (χ0v) is 35.6. The Morgan fingerprint density at radius 2 is 0.877 bits per heavy atom. The molecule has 0 atom stereocenters. The molecule has 6 nitrogen and oxygen atoms in total. The molecule has 65 heavy (non-hydrogen) atoms. The average molecular weight is 854 g/mol. The number of para-hydroxylation sites is 3. The third kappa shape index (κ3) is 6.85. The number of furan rings is 1. The summed E-state index contributed by atoms with van der Waals surface area (Å²) in [7, 11) is 0. The molecule has 0 aliphatic heterocycles. The summed E-state index contributed by atoms with van der Waals surface area (Å²) in [5.74, 6) is 0.623. The van der Waals surface area contributed by atoms with Crippen LogP contribution < -0.4 is 0 Å². The van der Waals surface area contributed by atoms with Gasteiger partial charge in [-0.2, -0.15) is 0 Å². The summed E-state index contributed by atoms with van der Waals surface area (Å²) >= 11 is 5.95. The number of benzene rings is 9. The van der Waals surface area contributed by atoms with E-state index in [1.54, 1.807) is 0 Å². The van der Waals surface area contributed by atoms with Crippen molar-refractivity contribution in [3.63, 3.8) is 0 Å². The van der Waals surface area contributed by atoms with Gasteiger partial charge >= 0.3 is 0 Å². The number of hydrogen-bond acceptors (Lipinski definition) is 5. The third-order valence-corrected chi connectivity index (χ3v) is 12.2. The van der Waals surface area contributed by atoms with Gasteiger partial charge in [0.15, 0.2) is 0 Å². The molecule has 0 N–H and O–H groups in total. The Balaban J connectivity index is 0.000000219. The first kappa shape index (κ1) is 38.2. The standard InChI is InChI=1S/C44H27N3O.C14H9ClN2/c1-3-12-28(13-4-1)30-16-11-17-31(26-30)32-22-23-36-39(27-32)47(38-25-24-34-33-18-8-10-21-40(33)48-43(34)41(36)38)44-45-37-20-9-7-19-35(37)42(46-44)29-14-5-2-6-15-29;15-14-16-12-9-5-4-8-11(12)13(17-14)10-6-2-1-3-7-10/h1-27H;1-9H. The van der Waals surface area contributed by atoms with E-state index in [0.29, 0.717) is 5.95 Å². The van der Waals surface area contributed by atoms with Gasteiger partial charge in [0.2, 0.25) is 11.2 Å². The lowest BCUT2D eigenvalue weighted by atomic mass is 9.98. The normalized spacial score (nSPS) is 11.5. The molecule has 0 spiro atoms. The van der Waals surface area contributed by atoms with Crippen molar-refractivity contribution in [2.75, 3.05) is 0 Å². The van der Waals surface area contributed by atoms with Crippen molar-refractivity contribution in [2.45, 2.75) is 0 Å². The highest BCUT2D eigenvalue weighted by molar-refractivity contribution is 6.29. The molecule has 0 aliphatic carbocycles. The SMILES string of the molecule is Clc1nc(-c2ccccc2)c2ccccc2n1.c1ccc(-c2cccc(-c3ccc4c5c6oc7ccccc7c6ccc5n(-c5nc(-c6ccccc6)c6ccccc6n5)c4c3)c2)cc1. The molecule has 0 fully saturated rings. The first-order valence-corrected chi connectivity index (χ1v) is 21.9. The number of halogens is 1. The van der Waals surface area contributed by atoms with E-state index in [1.165, 1.54) is 11.1 Å². The van der Waals surface area contributed by atoms with Crippen molar-refractivity contribution in [1.29, 1.82) is 0 Å². The van der Waals surface area contributed by atoms with Gasteiger partial charge in [0, 0.05) is 38.1 Å². The van der Waals surface area contributed by atoms with Gasteiger partial charge in [-0.15, -0.1) is 0 Å². The Morgan fingerprint density at radius 1 is 0.354 bits per heavy atom. The van der Waals surface area contributed by atoms with Crippen molar-refractivity contribution >= 4 is 77.2 Å². The predicted octanol–water partition coefficient (Wildman–Crippen LogP) is 15.6. The van der Waals surface area contributed by atoms with E-state index in [2.05, 4.69) is 148 Å². The number of aromatic nitrogens is 5. The van der Waals surface area contributed by atoms with Crippen LogP contribution in [0.4, 0.5) is 0 Å². The van der Waals surface area contributed by atoms with E-state index in [4.69, 9.17) is 26.0 Å². The third-order valence-electron chi connectivity index (χ3n) is 12.0. The van der Waals surface area contributed by atoms with Crippen LogP contribution >= 0.6 is 11.6 Å². The van der Waals surface area contributed by atoms with Gasteiger partial charge in [-0.25, -0.2) is 19.9 Å². The molecule has 0 radical (unpaired) electrons. The minimum absolute atomic E-state index is 0.280. The lowest BCUT2D eigenvalue weighted by Crippen LogP contribution is -2.03. The van der Waals surface area contributed by atoms with E-state index >= 15 is 0 Å². The molecule has 306 valence electrons. The Kier molecular flexibility index (Phi) is 9.43. The first-order chi connectivity index (χ1) is 32.1. The Morgan fingerprint density at radius 3 is 1.57 bits per heavy atom. The lowest BCUT2D eigenvalue weighted by Gasteiger charge is -2.12. The highest BCUT2D eigenvalue weighted by atomic mass is 35.5. The molecular formula is C58H36ClN5O. The van der Waals surface area contributed by atoms with Crippen molar-refractivity contribution in [3.8, 4) is 50.7 Å². The molecule has 0 aliphatic rings. The minimum atomic E-state index is 0.280. The monoisotopic (exact) mass is 853 g/mol. The Bertz CT molecular complexity index is 3900. The fourth-order valence-corrected chi connectivity index (χ4v) is 9.21. The molecule has 0 amide bonds. The molecule has 7 heteroatoms. The van der Waals surface area contributed by atoms with Crippen LogP contribution in [0.3, 0.4) is 0 Å². The minimum Gasteiger partial charge on any atom is -0.455 e. The van der Waals surface area contributed by atoms with Crippen LogP contribution in [-0.4, -0.2) is 24.5 Å². The zero-order chi connectivity index (χ0) is 43.3. The molecule has 4 heterocycles. The smallest absolute Gasteiger partial charge is 0.235 e. The van der Waals surface area contributed by atoms with Crippen molar-refractivity contribution in [1.82, 2.24) is 24.5 Å². The molecule has 4 aromatic heterocycles. The molecular weight excluding hydrogens is 818 g/mol. The lowest BCUT2D eigenvalue weighted by molar-refractivity contribution is 0.673. The van der Waals surface area contributed by atoms with E-state index in [0.717, 1.165) is 99.2 Å². The fraction of sp³-hybridized carbons (Fsp3) is 0. The average Bonchev–Trinajstić information content (AvgIpc) is 3.92. The second-order valence-corrected chi connectivity index (χ2v) is 16.3. The van der Waals surface area contributed by atoms with Crippen LogP contribution in [0.5, 0.6) is 0 Å². The quantitative estimate of drug-likeness (QED) is 0.161. The summed E-state index contributed by atoms with van der Waals surface area (Å²) in [4.78, 5) is 19.1. The van der Waals surface area contributed by atoms with Crippen LogP contribution in [0.25, 0.3) is 116 Å². The highest BCUT2D eigenvalue weighted by Gasteiger charge is 2.22. The van der Waals surface area contributed by atoms with Gasteiger partial charge < -0.3 is 4.42 Å². The highest BCUT2D eigenvalue weighted by Crippen LogP contribution is 2.42. The molecule has 0 bridgehead atoms. The maximum absolute atomic E-state index is 6.61. The van der Waals surface area contributed by atoms with E-state index in [-0.39, 0.29) is 5.28 Å². The maximum atomic E-state index is 6.61. The van der Waals surface area contributed by atoms with E-state index in [9.17, 15) is 0 Å². The van der Waals surface area contributed by atoms with Crippen LogP contribution in [0.2, 0.25) is 5.28 Å². The predicted molar refractivity (Wildman–Crippen MR) is 267 cm³/mol. The topological polar surface area (TPSA) is 69.6 Å². The molecule has 9 aromatic carbocycles. The number of hydrogen-bond donors (Lipinski definition) is 0. The molecule has 0 saturated heterocycles. The van der Waals surface area contributed by atoms with Gasteiger partial charge in [-0.3, -0.25) is 4.57 Å².